The van der Waals surface area contributed by atoms with E-state index in [-0.39, 0.29) is 5.97 Å². The van der Waals surface area contributed by atoms with E-state index >= 15 is 0 Å². The molecule has 0 fully saturated rings. The number of nitriles is 1. The lowest BCUT2D eigenvalue weighted by Gasteiger charge is -2.04. The summed E-state index contributed by atoms with van der Waals surface area (Å²) in [5.74, 6) is 0.0756. The molecule has 0 unspecified atom stereocenters. The number of esters is 1. The van der Waals surface area contributed by atoms with E-state index in [4.69, 9.17) is 10.00 Å². The number of carbonyl (C=O) groups is 1. The van der Waals surface area contributed by atoms with Gasteiger partial charge in [0.25, 0.3) is 0 Å². The Kier molecular flexibility index (Phi) is 4.70. The third-order valence-corrected chi connectivity index (χ3v) is 7.44. The van der Waals surface area contributed by atoms with Crippen molar-refractivity contribution >= 4 is 53.0 Å². The number of hydrogen-bond donors (Lipinski definition) is 0. The van der Waals surface area contributed by atoms with Gasteiger partial charge in [-0.1, -0.05) is 47.0 Å². The van der Waals surface area contributed by atoms with Crippen molar-refractivity contribution in [2.45, 2.75) is 0 Å². The lowest BCUT2D eigenvalue weighted by Crippen LogP contribution is -2.08. The van der Waals surface area contributed by atoms with Crippen LogP contribution in [0, 0.1) is 11.3 Å². The van der Waals surface area contributed by atoms with Gasteiger partial charge in [-0.05, 0) is 40.5 Å². The summed E-state index contributed by atoms with van der Waals surface area (Å²) in [4.78, 5) is 12.7. The summed E-state index contributed by atoms with van der Waals surface area (Å²) >= 11 is 6.32. The Morgan fingerprint density at radius 1 is 1.05 bits per heavy atom. The normalized spacial score (nSPS) is 16.8. The van der Waals surface area contributed by atoms with Crippen molar-refractivity contribution in [3.63, 3.8) is 0 Å². The van der Waals surface area contributed by atoms with Crippen molar-refractivity contribution in [2.75, 3.05) is 0 Å². The van der Waals surface area contributed by atoms with Gasteiger partial charge < -0.3 is 4.74 Å². The van der Waals surface area contributed by atoms with Gasteiger partial charge in [-0.25, -0.2) is 4.79 Å². The van der Waals surface area contributed by atoms with Gasteiger partial charge in [-0.2, -0.15) is 5.26 Å². The first-order valence-electron chi connectivity index (χ1n) is 5.76. The fourth-order valence-electron chi connectivity index (χ4n) is 1.49. The van der Waals surface area contributed by atoms with Crippen LogP contribution in [0.25, 0.3) is 0 Å². The maximum Gasteiger partial charge on any atom is 0.350 e. The molecule has 0 saturated carbocycles. The fraction of sp³-hybridized carbons (Fsp3) is 0. The topological polar surface area (TPSA) is 50.1 Å². The van der Waals surface area contributed by atoms with E-state index in [1.165, 1.54) is 16.0 Å². The fourth-order valence-corrected chi connectivity index (χ4v) is 5.81. The summed E-state index contributed by atoms with van der Waals surface area (Å²) in [7, 11) is 0. The van der Waals surface area contributed by atoms with E-state index in [1.807, 2.05) is 22.3 Å². The molecule has 2 aliphatic heterocycles. The van der Waals surface area contributed by atoms with Crippen LogP contribution in [0.3, 0.4) is 0 Å². The second-order valence-electron chi connectivity index (χ2n) is 3.81. The number of thioether (sulfide) groups is 4. The lowest BCUT2D eigenvalue weighted by molar-refractivity contribution is -0.129. The maximum atomic E-state index is 12.1. The molecule has 0 spiro atoms. The molecule has 2 heterocycles. The molecule has 0 atom stereocenters. The summed E-state index contributed by atoms with van der Waals surface area (Å²) in [6.45, 7) is 0. The first-order chi connectivity index (χ1) is 10.3. The third kappa shape index (κ3) is 3.52. The van der Waals surface area contributed by atoms with Crippen LogP contribution in [0.5, 0.6) is 5.75 Å². The maximum absolute atomic E-state index is 12.1. The zero-order chi connectivity index (χ0) is 14.7. The van der Waals surface area contributed by atoms with Crippen molar-refractivity contribution in [3.05, 3.63) is 59.4 Å². The predicted molar refractivity (Wildman–Crippen MR) is 91.4 cm³/mol. The van der Waals surface area contributed by atoms with Crippen LogP contribution in [0.4, 0.5) is 0 Å². The van der Waals surface area contributed by atoms with Crippen LogP contribution >= 0.6 is 47.0 Å². The Labute approximate surface area is 138 Å². The molecule has 0 bridgehead atoms. The molecule has 3 rings (SSSR count). The molecular weight excluding hydrogens is 342 g/mol. The molecule has 3 nitrogen and oxygen atoms in total. The second-order valence-corrected chi connectivity index (χ2v) is 8.09. The van der Waals surface area contributed by atoms with Crippen LogP contribution in [0.1, 0.15) is 5.56 Å². The van der Waals surface area contributed by atoms with Gasteiger partial charge in [-0.15, -0.1) is 0 Å². The molecule has 0 radical (unpaired) electrons. The van der Waals surface area contributed by atoms with E-state index in [9.17, 15) is 4.79 Å². The average Bonchev–Trinajstić information content (AvgIpc) is 3.19. The van der Waals surface area contributed by atoms with Crippen molar-refractivity contribution in [2.24, 2.45) is 0 Å². The van der Waals surface area contributed by atoms with E-state index < -0.39 is 0 Å². The molecule has 7 heteroatoms. The van der Waals surface area contributed by atoms with Crippen molar-refractivity contribution < 1.29 is 9.53 Å². The highest BCUT2D eigenvalue weighted by atomic mass is 32.2. The van der Waals surface area contributed by atoms with Gasteiger partial charge in [0.15, 0.2) is 0 Å². The number of carbonyl (C=O) groups excluding carboxylic acids is 1. The van der Waals surface area contributed by atoms with Gasteiger partial charge in [0.05, 0.1) is 20.1 Å². The average molecular weight is 349 g/mol. The summed E-state index contributed by atoms with van der Waals surface area (Å²) in [5, 5.41) is 14.6. The van der Waals surface area contributed by atoms with Crippen LogP contribution in [-0.2, 0) is 4.79 Å². The summed E-state index contributed by atoms with van der Waals surface area (Å²) in [6.07, 6.45) is 0. The number of benzene rings is 1. The van der Waals surface area contributed by atoms with Crippen molar-refractivity contribution in [1.82, 2.24) is 0 Å². The Hall–Kier alpha value is -1.20. The summed E-state index contributed by atoms with van der Waals surface area (Å²) in [6, 6.07) is 8.51. The summed E-state index contributed by atoms with van der Waals surface area (Å²) < 4.78 is 7.62. The number of ether oxygens (including phenoxy) is 1. The SMILES string of the molecule is N#Cc1ccc(OC(=O)C2=CSC(=C3SC=CS3)S2)cc1. The quantitative estimate of drug-likeness (QED) is 0.558. The standard InChI is InChI=1S/C14H7NO2S4/c15-7-9-1-3-10(4-2-9)17-12(16)11-8-20-14(21-11)13-18-5-6-19-13/h1-6,8H. The Bertz CT molecular complexity index is 703. The largest absolute Gasteiger partial charge is 0.423 e. The molecule has 0 aliphatic carbocycles. The van der Waals surface area contributed by atoms with Crippen LogP contribution < -0.4 is 4.74 Å². The smallest absolute Gasteiger partial charge is 0.350 e. The molecule has 1 aromatic carbocycles. The van der Waals surface area contributed by atoms with E-state index in [0.29, 0.717) is 16.2 Å². The monoisotopic (exact) mass is 349 g/mol. The third-order valence-electron chi connectivity index (χ3n) is 2.44. The van der Waals surface area contributed by atoms with E-state index in [1.54, 1.807) is 59.6 Å². The van der Waals surface area contributed by atoms with Gasteiger partial charge in [0.2, 0.25) is 0 Å². The van der Waals surface area contributed by atoms with Crippen LogP contribution in [0.15, 0.2) is 53.9 Å². The van der Waals surface area contributed by atoms with Crippen LogP contribution in [0.2, 0.25) is 0 Å². The van der Waals surface area contributed by atoms with Gasteiger partial charge in [0.1, 0.15) is 10.7 Å². The van der Waals surface area contributed by atoms with Crippen molar-refractivity contribution in [3.8, 4) is 11.8 Å². The first kappa shape index (κ1) is 14.7. The molecule has 0 aromatic heterocycles. The highest BCUT2D eigenvalue weighted by Crippen LogP contribution is 2.53. The van der Waals surface area contributed by atoms with Crippen LogP contribution in [-0.4, -0.2) is 5.97 Å². The highest BCUT2D eigenvalue weighted by Gasteiger charge is 2.24. The number of rotatable bonds is 2. The van der Waals surface area contributed by atoms with Gasteiger partial charge in [0, 0.05) is 0 Å². The Balaban J connectivity index is 1.64. The van der Waals surface area contributed by atoms with E-state index in [2.05, 4.69) is 0 Å². The molecular formula is C14H7NO2S4. The predicted octanol–water partition coefficient (Wildman–Crippen LogP) is 4.86. The molecule has 0 saturated heterocycles. The minimum atomic E-state index is -0.367. The molecule has 21 heavy (non-hydrogen) atoms. The molecule has 0 amide bonds. The van der Waals surface area contributed by atoms with Gasteiger partial charge >= 0.3 is 5.97 Å². The highest BCUT2D eigenvalue weighted by molar-refractivity contribution is 8.33. The first-order valence-corrected chi connectivity index (χ1v) is 9.21. The molecule has 0 N–H and O–H groups in total. The molecule has 1 aromatic rings. The van der Waals surface area contributed by atoms with Gasteiger partial charge in [-0.3, -0.25) is 0 Å². The zero-order valence-electron chi connectivity index (χ0n) is 10.4. The minimum Gasteiger partial charge on any atom is -0.423 e. The number of hydrogen-bond acceptors (Lipinski definition) is 7. The zero-order valence-corrected chi connectivity index (χ0v) is 13.7. The lowest BCUT2D eigenvalue weighted by atomic mass is 10.2. The molecule has 104 valence electrons. The van der Waals surface area contributed by atoms with Crippen molar-refractivity contribution in [1.29, 1.82) is 5.26 Å². The Morgan fingerprint density at radius 2 is 1.76 bits per heavy atom. The van der Waals surface area contributed by atoms with E-state index in [0.717, 1.165) is 4.24 Å². The minimum absolute atomic E-state index is 0.367. The molecule has 2 aliphatic rings. The summed E-state index contributed by atoms with van der Waals surface area (Å²) in [5.41, 5.74) is 0.537. The Morgan fingerprint density at radius 3 is 2.43 bits per heavy atom. The second kappa shape index (κ2) is 6.71. The number of nitrogens with zero attached hydrogens (tertiary/aromatic N) is 1.